The van der Waals surface area contributed by atoms with Gasteiger partial charge in [-0.2, -0.15) is 0 Å². The molecule has 4 rings (SSSR count). The molecule has 0 radical (unpaired) electrons. The van der Waals surface area contributed by atoms with Crippen molar-refractivity contribution in [1.82, 2.24) is 15.1 Å². The number of ether oxygens (including phenoxy) is 1. The van der Waals surface area contributed by atoms with Crippen LogP contribution in [0, 0.1) is 5.82 Å². The molecule has 0 spiro atoms. The second-order valence-electron chi connectivity index (χ2n) is 7.39. The molecule has 1 saturated carbocycles. The van der Waals surface area contributed by atoms with Crippen molar-refractivity contribution in [3.63, 3.8) is 0 Å². The second kappa shape index (κ2) is 6.92. The summed E-state index contributed by atoms with van der Waals surface area (Å²) in [6, 6.07) is 6.58. The predicted octanol–water partition coefficient (Wildman–Crippen LogP) is 2.54. The molecule has 25 heavy (non-hydrogen) atoms. The summed E-state index contributed by atoms with van der Waals surface area (Å²) in [5.41, 5.74) is 1.02. The van der Waals surface area contributed by atoms with Crippen LogP contribution in [0.15, 0.2) is 24.3 Å². The van der Waals surface area contributed by atoms with Crippen molar-refractivity contribution < 1.29 is 13.9 Å². The van der Waals surface area contributed by atoms with Gasteiger partial charge in [0.15, 0.2) is 0 Å². The lowest BCUT2D eigenvalue weighted by Crippen LogP contribution is -2.52. The van der Waals surface area contributed by atoms with Crippen molar-refractivity contribution in [2.24, 2.45) is 0 Å². The fourth-order valence-corrected chi connectivity index (χ4v) is 4.20. The molecule has 2 amide bonds. The largest absolute Gasteiger partial charge is 0.379 e. The number of halogens is 1. The maximum Gasteiger partial charge on any atom is 0.317 e. The zero-order chi connectivity index (χ0) is 17.3. The van der Waals surface area contributed by atoms with Gasteiger partial charge in [0.25, 0.3) is 0 Å². The number of urea groups is 1. The number of carbonyl (C=O) groups is 1. The monoisotopic (exact) mass is 347 g/mol. The Kier molecular flexibility index (Phi) is 4.65. The van der Waals surface area contributed by atoms with Gasteiger partial charge >= 0.3 is 6.03 Å². The highest BCUT2D eigenvalue weighted by atomic mass is 19.1. The maximum absolute atomic E-state index is 13.5. The van der Waals surface area contributed by atoms with Gasteiger partial charge in [0, 0.05) is 31.7 Å². The molecular formula is C19H26FN3O2. The molecule has 1 N–H and O–H groups in total. The van der Waals surface area contributed by atoms with Gasteiger partial charge in [-0.3, -0.25) is 4.90 Å². The van der Waals surface area contributed by atoms with Crippen molar-refractivity contribution in [1.29, 1.82) is 0 Å². The summed E-state index contributed by atoms with van der Waals surface area (Å²) in [6.07, 6.45) is 4.13. The fourth-order valence-electron chi connectivity index (χ4n) is 4.20. The molecule has 0 aromatic heterocycles. The van der Waals surface area contributed by atoms with Crippen LogP contribution in [0.5, 0.6) is 0 Å². The van der Waals surface area contributed by atoms with E-state index in [4.69, 9.17) is 4.74 Å². The van der Waals surface area contributed by atoms with Gasteiger partial charge < -0.3 is 15.0 Å². The Morgan fingerprint density at radius 1 is 1.28 bits per heavy atom. The Balaban J connectivity index is 1.37. The Bertz CT molecular complexity index is 629. The number of morpholine rings is 1. The van der Waals surface area contributed by atoms with E-state index in [1.807, 2.05) is 11.0 Å². The first kappa shape index (κ1) is 16.8. The summed E-state index contributed by atoms with van der Waals surface area (Å²) in [4.78, 5) is 17.1. The lowest BCUT2D eigenvalue weighted by molar-refractivity contribution is 0.00997. The molecule has 136 valence electrons. The van der Waals surface area contributed by atoms with E-state index in [9.17, 15) is 9.18 Å². The van der Waals surface area contributed by atoms with Gasteiger partial charge in [0.05, 0.1) is 19.3 Å². The molecule has 2 heterocycles. The van der Waals surface area contributed by atoms with Gasteiger partial charge in [-0.15, -0.1) is 0 Å². The first-order valence-electron chi connectivity index (χ1n) is 9.31. The summed E-state index contributed by atoms with van der Waals surface area (Å²) >= 11 is 0. The fraction of sp³-hybridized carbons (Fsp3) is 0.632. The summed E-state index contributed by atoms with van der Waals surface area (Å²) < 4.78 is 19.0. The summed E-state index contributed by atoms with van der Waals surface area (Å²) in [7, 11) is 0. The standard InChI is InChI=1S/C19H26FN3O2/c20-16-4-1-3-15(13-16)17-5-2-8-23(17)18(24)21-14-19(6-7-19)22-9-11-25-12-10-22/h1,3-4,13,17H,2,5-12,14H2,(H,21,24). The van der Waals surface area contributed by atoms with E-state index in [-0.39, 0.29) is 23.4 Å². The van der Waals surface area contributed by atoms with E-state index in [0.717, 1.165) is 64.1 Å². The molecule has 6 heteroatoms. The number of likely N-dealkylation sites (tertiary alicyclic amines) is 1. The second-order valence-corrected chi connectivity index (χ2v) is 7.39. The number of amides is 2. The molecule has 3 fully saturated rings. The van der Waals surface area contributed by atoms with E-state index < -0.39 is 0 Å². The molecule has 0 bridgehead atoms. The molecule has 2 aliphatic heterocycles. The molecule has 2 saturated heterocycles. The van der Waals surface area contributed by atoms with Gasteiger partial charge in [0.1, 0.15) is 5.82 Å². The van der Waals surface area contributed by atoms with Crippen LogP contribution in [0.25, 0.3) is 0 Å². The Morgan fingerprint density at radius 2 is 2.08 bits per heavy atom. The third-order valence-electron chi connectivity index (χ3n) is 5.82. The SMILES string of the molecule is O=C(NCC1(N2CCOCC2)CC1)N1CCCC1c1cccc(F)c1. The van der Waals surface area contributed by atoms with Gasteiger partial charge in [-0.1, -0.05) is 12.1 Å². The molecule has 1 atom stereocenters. The average Bonchev–Trinajstić information content (AvgIpc) is 3.27. The van der Waals surface area contributed by atoms with E-state index in [2.05, 4.69) is 10.2 Å². The zero-order valence-electron chi connectivity index (χ0n) is 14.5. The highest BCUT2D eigenvalue weighted by Crippen LogP contribution is 2.41. The molecule has 1 unspecified atom stereocenters. The Labute approximate surface area is 148 Å². The van der Waals surface area contributed by atoms with E-state index in [0.29, 0.717) is 6.54 Å². The summed E-state index contributed by atoms with van der Waals surface area (Å²) in [5.74, 6) is -0.242. The molecule has 1 aliphatic carbocycles. The van der Waals surface area contributed by atoms with Crippen molar-refractivity contribution in [2.45, 2.75) is 37.3 Å². The van der Waals surface area contributed by atoms with E-state index in [1.165, 1.54) is 6.07 Å². The third-order valence-corrected chi connectivity index (χ3v) is 5.82. The first-order chi connectivity index (χ1) is 12.2. The van der Waals surface area contributed by atoms with E-state index >= 15 is 0 Å². The highest BCUT2D eigenvalue weighted by molar-refractivity contribution is 5.75. The normalized spacial score (nSPS) is 25.8. The van der Waals surface area contributed by atoms with Gasteiger partial charge in [-0.05, 0) is 43.4 Å². The lowest BCUT2D eigenvalue weighted by atomic mass is 10.0. The van der Waals surface area contributed by atoms with Crippen molar-refractivity contribution >= 4 is 6.03 Å². The zero-order valence-corrected chi connectivity index (χ0v) is 14.5. The predicted molar refractivity (Wildman–Crippen MR) is 92.8 cm³/mol. The number of hydrogen-bond donors (Lipinski definition) is 1. The third kappa shape index (κ3) is 3.51. The average molecular weight is 347 g/mol. The number of benzene rings is 1. The number of carbonyl (C=O) groups excluding carboxylic acids is 1. The summed E-state index contributed by atoms with van der Waals surface area (Å²) in [5, 5.41) is 3.15. The van der Waals surface area contributed by atoms with Crippen LogP contribution < -0.4 is 5.32 Å². The van der Waals surface area contributed by atoms with E-state index in [1.54, 1.807) is 12.1 Å². The minimum absolute atomic E-state index is 0.0192. The smallest absolute Gasteiger partial charge is 0.317 e. The minimum Gasteiger partial charge on any atom is -0.379 e. The van der Waals surface area contributed by atoms with Gasteiger partial charge in [0.2, 0.25) is 0 Å². The molecule has 5 nitrogen and oxygen atoms in total. The van der Waals surface area contributed by atoms with Crippen LogP contribution in [-0.4, -0.2) is 60.8 Å². The van der Waals surface area contributed by atoms with Crippen LogP contribution in [0.3, 0.4) is 0 Å². The van der Waals surface area contributed by atoms with Crippen molar-refractivity contribution in [3.05, 3.63) is 35.6 Å². The van der Waals surface area contributed by atoms with Crippen LogP contribution in [0.2, 0.25) is 0 Å². The van der Waals surface area contributed by atoms with Crippen LogP contribution >= 0.6 is 0 Å². The Morgan fingerprint density at radius 3 is 2.80 bits per heavy atom. The highest BCUT2D eigenvalue weighted by Gasteiger charge is 2.48. The number of hydrogen-bond acceptors (Lipinski definition) is 3. The summed E-state index contributed by atoms with van der Waals surface area (Å²) in [6.45, 7) is 4.89. The lowest BCUT2D eigenvalue weighted by Gasteiger charge is -2.35. The van der Waals surface area contributed by atoms with Crippen LogP contribution in [0.1, 0.15) is 37.3 Å². The molecule has 1 aromatic rings. The number of nitrogens with zero attached hydrogens (tertiary/aromatic N) is 2. The maximum atomic E-state index is 13.5. The van der Waals surface area contributed by atoms with Crippen LogP contribution in [-0.2, 0) is 4.74 Å². The van der Waals surface area contributed by atoms with Crippen molar-refractivity contribution in [2.75, 3.05) is 39.4 Å². The molecule has 3 aliphatic rings. The number of nitrogens with one attached hydrogen (secondary N) is 1. The molecular weight excluding hydrogens is 321 g/mol. The molecule has 1 aromatic carbocycles. The van der Waals surface area contributed by atoms with Crippen molar-refractivity contribution in [3.8, 4) is 0 Å². The quantitative estimate of drug-likeness (QED) is 0.910. The van der Waals surface area contributed by atoms with Crippen LogP contribution in [0.4, 0.5) is 9.18 Å². The number of rotatable bonds is 4. The first-order valence-corrected chi connectivity index (χ1v) is 9.31. The Hall–Kier alpha value is -1.66. The minimum atomic E-state index is -0.242. The topological polar surface area (TPSA) is 44.8 Å². The van der Waals surface area contributed by atoms with Gasteiger partial charge in [-0.25, -0.2) is 9.18 Å².